The molecule has 0 saturated carbocycles. The first kappa shape index (κ1) is 20.5. The first-order valence-electron chi connectivity index (χ1n) is 10.3. The smallest absolute Gasteiger partial charge is 0.259 e. The number of nitrogens with zero attached hydrogens (tertiary/aromatic N) is 3. The number of thioether (sulfide) groups is 1. The molecule has 1 aliphatic heterocycles. The summed E-state index contributed by atoms with van der Waals surface area (Å²) in [5.41, 5.74) is 1.83. The number of carbonyl (C=O) groups is 1. The summed E-state index contributed by atoms with van der Waals surface area (Å²) in [7, 11) is 0. The fraction of sp³-hybridized carbons (Fsp3) is 0.348. The van der Waals surface area contributed by atoms with Crippen molar-refractivity contribution in [1.29, 1.82) is 0 Å². The monoisotopic (exact) mass is 422 g/mol. The second-order valence-corrected chi connectivity index (χ2v) is 8.14. The van der Waals surface area contributed by atoms with E-state index in [0.717, 1.165) is 38.0 Å². The number of rotatable bonds is 8. The van der Waals surface area contributed by atoms with Crippen LogP contribution in [-0.4, -0.2) is 39.6 Å². The second kappa shape index (κ2) is 9.80. The summed E-state index contributed by atoms with van der Waals surface area (Å²) in [5, 5.41) is 3.90. The number of hydrogen-bond acceptors (Lipinski definition) is 6. The number of aromatic nitrogens is 2. The number of furan rings is 1. The number of hydrogen-bond donors (Lipinski definition) is 1. The first-order chi connectivity index (χ1) is 14.7. The largest absolute Gasteiger partial charge is 0.467 e. The molecule has 3 aromatic rings. The molecule has 1 unspecified atom stereocenters. The van der Waals surface area contributed by atoms with Gasteiger partial charge in [-0.25, -0.2) is 9.97 Å². The number of anilines is 1. The fourth-order valence-electron chi connectivity index (χ4n) is 3.88. The normalized spacial score (nSPS) is 16.0. The number of aryl methyl sites for hydroxylation is 1. The van der Waals surface area contributed by atoms with Gasteiger partial charge in [-0.05, 0) is 49.6 Å². The van der Waals surface area contributed by atoms with Crippen molar-refractivity contribution >= 4 is 23.5 Å². The highest BCUT2D eigenvalue weighted by Crippen LogP contribution is 2.27. The number of nitrogens with one attached hydrogen (secondary N) is 1. The Balaban J connectivity index is 1.49. The lowest BCUT2D eigenvalue weighted by molar-refractivity contribution is 0.0730. The van der Waals surface area contributed by atoms with Crippen LogP contribution < -0.4 is 5.32 Å². The molecule has 1 amide bonds. The molecule has 0 bridgehead atoms. The molecular weight excluding hydrogens is 396 g/mol. The minimum atomic E-state index is 0.000148. The zero-order valence-electron chi connectivity index (χ0n) is 17.1. The molecule has 2 aromatic heterocycles. The minimum absolute atomic E-state index is 0.000148. The summed E-state index contributed by atoms with van der Waals surface area (Å²) in [4.78, 5) is 24.3. The van der Waals surface area contributed by atoms with Crippen LogP contribution in [0.4, 0.5) is 5.82 Å². The van der Waals surface area contributed by atoms with Crippen molar-refractivity contribution in [1.82, 2.24) is 14.9 Å². The molecule has 0 radical (unpaired) electrons. The van der Waals surface area contributed by atoms with E-state index in [2.05, 4.69) is 39.6 Å². The Labute approximate surface area is 181 Å². The first-order valence-corrected chi connectivity index (χ1v) is 11.5. The molecule has 1 N–H and O–H groups in total. The summed E-state index contributed by atoms with van der Waals surface area (Å²) >= 11 is 1.45. The van der Waals surface area contributed by atoms with E-state index in [9.17, 15) is 4.79 Å². The number of carbonyl (C=O) groups excluding carboxylic acids is 1. The minimum Gasteiger partial charge on any atom is -0.467 e. The third-order valence-corrected chi connectivity index (χ3v) is 6.00. The highest BCUT2D eigenvalue weighted by molar-refractivity contribution is 7.98. The van der Waals surface area contributed by atoms with Gasteiger partial charge in [0.05, 0.1) is 12.8 Å². The Morgan fingerprint density at radius 2 is 2.13 bits per heavy atom. The van der Waals surface area contributed by atoms with Crippen LogP contribution in [0.1, 0.15) is 40.9 Å². The van der Waals surface area contributed by atoms with Crippen LogP contribution >= 0.6 is 11.8 Å². The summed E-state index contributed by atoms with van der Waals surface area (Å²) in [6.07, 6.45) is 9.22. The maximum atomic E-state index is 13.4. The van der Waals surface area contributed by atoms with Gasteiger partial charge in [0, 0.05) is 18.8 Å². The standard InChI is InChI=1S/C23H26N4O2S/c1-30-23-25-16-20(21(26-23)24-15-19-10-6-14-29-19)22(28)27-13-5-9-18(27)12-11-17-7-3-2-4-8-17/h2-4,6-8,10,14,16,18H,5,9,11-13,15H2,1H3,(H,24,25,26). The number of likely N-dealkylation sites (tertiary alicyclic amines) is 1. The molecule has 6 nitrogen and oxygen atoms in total. The summed E-state index contributed by atoms with van der Waals surface area (Å²) in [6.45, 7) is 1.25. The lowest BCUT2D eigenvalue weighted by atomic mass is 10.0. The van der Waals surface area contributed by atoms with Gasteiger partial charge in [-0.2, -0.15) is 0 Å². The molecule has 0 aliphatic carbocycles. The third kappa shape index (κ3) is 4.84. The second-order valence-electron chi connectivity index (χ2n) is 7.37. The van der Waals surface area contributed by atoms with E-state index >= 15 is 0 Å². The highest BCUT2D eigenvalue weighted by atomic mass is 32.2. The Morgan fingerprint density at radius 3 is 2.90 bits per heavy atom. The highest BCUT2D eigenvalue weighted by Gasteiger charge is 2.31. The average molecular weight is 423 g/mol. The summed E-state index contributed by atoms with van der Waals surface area (Å²) < 4.78 is 5.40. The summed E-state index contributed by atoms with van der Waals surface area (Å²) in [6, 6.07) is 14.4. The Bertz CT molecular complexity index is 963. The quantitative estimate of drug-likeness (QED) is 0.421. The molecule has 7 heteroatoms. The van der Waals surface area contributed by atoms with Crippen molar-refractivity contribution in [2.45, 2.75) is 43.4 Å². The molecule has 4 rings (SSSR count). The van der Waals surface area contributed by atoms with E-state index in [-0.39, 0.29) is 11.9 Å². The maximum Gasteiger partial charge on any atom is 0.259 e. The number of amides is 1. The molecule has 0 spiro atoms. The van der Waals surface area contributed by atoms with E-state index < -0.39 is 0 Å². The van der Waals surface area contributed by atoms with Gasteiger partial charge in [0.25, 0.3) is 5.91 Å². The van der Waals surface area contributed by atoms with Crippen molar-refractivity contribution in [2.75, 3.05) is 18.1 Å². The Morgan fingerprint density at radius 1 is 1.27 bits per heavy atom. The van der Waals surface area contributed by atoms with Gasteiger partial charge < -0.3 is 14.6 Å². The van der Waals surface area contributed by atoms with Gasteiger partial charge in [0.15, 0.2) is 5.16 Å². The van der Waals surface area contributed by atoms with Crippen LogP contribution in [0.15, 0.2) is 64.5 Å². The van der Waals surface area contributed by atoms with Crippen molar-refractivity contribution in [3.63, 3.8) is 0 Å². The molecule has 156 valence electrons. The SMILES string of the molecule is CSc1ncc(C(=O)N2CCCC2CCc2ccccc2)c(NCc2ccco2)n1. The van der Waals surface area contributed by atoms with E-state index in [1.165, 1.54) is 17.3 Å². The van der Waals surface area contributed by atoms with Gasteiger partial charge in [-0.15, -0.1) is 0 Å². The van der Waals surface area contributed by atoms with Crippen molar-refractivity contribution in [3.05, 3.63) is 71.8 Å². The molecular formula is C23H26N4O2S. The molecule has 30 heavy (non-hydrogen) atoms. The van der Waals surface area contributed by atoms with Crippen LogP contribution in [0.5, 0.6) is 0 Å². The van der Waals surface area contributed by atoms with Gasteiger partial charge >= 0.3 is 0 Å². The molecule has 1 aliphatic rings. The van der Waals surface area contributed by atoms with Crippen LogP contribution in [0.25, 0.3) is 0 Å². The van der Waals surface area contributed by atoms with Crippen LogP contribution in [0, 0.1) is 0 Å². The van der Waals surface area contributed by atoms with Crippen LogP contribution in [-0.2, 0) is 13.0 Å². The predicted octanol–water partition coefficient (Wildman–Crippen LogP) is 4.64. The van der Waals surface area contributed by atoms with Gasteiger partial charge in [-0.1, -0.05) is 42.1 Å². The molecule has 3 heterocycles. The molecule has 1 atom stereocenters. The van der Waals surface area contributed by atoms with Gasteiger partial charge in [-0.3, -0.25) is 4.79 Å². The number of benzene rings is 1. The Kier molecular flexibility index (Phi) is 6.69. The van der Waals surface area contributed by atoms with Crippen molar-refractivity contribution in [3.8, 4) is 0 Å². The van der Waals surface area contributed by atoms with Crippen molar-refractivity contribution < 1.29 is 9.21 Å². The van der Waals surface area contributed by atoms with Crippen LogP contribution in [0.3, 0.4) is 0 Å². The van der Waals surface area contributed by atoms with E-state index in [1.807, 2.05) is 29.4 Å². The van der Waals surface area contributed by atoms with Gasteiger partial charge in [0.1, 0.15) is 17.1 Å². The van der Waals surface area contributed by atoms with E-state index in [0.29, 0.717) is 23.1 Å². The van der Waals surface area contributed by atoms with Crippen LogP contribution in [0.2, 0.25) is 0 Å². The molecule has 1 aromatic carbocycles. The molecule has 1 fully saturated rings. The predicted molar refractivity (Wildman–Crippen MR) is 119 cm³/mol. The van der Waals surface area contributed by atoms with E-state index in [4.69, 9.17) is 4.42 Å². The average Bonchev–Trinajstić information content (AvgIpc) is 3.48. The maximum absolute atomic E-state index is 13.4. The zero-order valence-corrected chi connectivity index (χ0v) is 17.9. The topological polar surface area (TPSA) is 71.3 Å². The van der Waals surface area contributed by atoms with Gasteiger partial charge in [0.2, 0.25) is 0 Å². The fourth-order valence-corrected chi connectivity index (χ4v) is 4.22. The van der Waals surface area contributed by atoms with E-state index in [1.54, 1.807) is 12.5 Å². The lowest BCUT2D eigenvalue weighted by Gasteiger charge is -2.25. The Hall–Kier alpha value is -2.80. The summed E-state index contributed by atoms with van der Waals surface area (Å²) in [5.74, 6) is 1.35. The zero-order chi connectivity index (χ0) is 20.8. The lowest BCUT2D eigenvalue weighted by Crippen LogP contribution is -2.36. The third-order valence-electron chi connectivity index (χ3n) is 5.44. The molecule has 1 saturated heterocycles. The van der Waals surface area contributed by atoms with Crippen molar-refractivity contribution in [2.24, 2.45) is 0 Å².